The highest BCUT2D eigenvalue weighted by Crippen LogP contribution is 2.24. The lowest BCUT2D eigenvalue weighted by molar-refractivity contribution is 0.0995. The molecule has 1 aromatic carbocycles. The fourth-order valence-electron chi connectivity index (χ4n) is 1.73. The SMILES string of the molecule is CNC(C)c1ccc(-n2ccc(C(N)=O)n2)c(Cl)c1. The Kier molecular flexibility index (Phi) is 3.87. The number of carbonyl (C=O) groups excluding carboxylic acids is 1. The molecule has 1 atom stereocenters. The van der Waals surface area contributed by atoms with Gasteiger partial charge in [-0.05, 0) is 37.7 Å². The molecule has 0 fully saturated rings. The maximum atomic E-state index is 11.0. The van der Waals surface area contributed by atoms with Gasteiger partial charge in [0, 0.05) is 12.2 Å². The van der Waals surface area contributed by atoms with Crippen molar-refractivity contribution in [3.63, 3.8) is 0 Å². The molecule has 100 valence electrons. The molecule has 0 saturated carbocycles. The minimum absolute atomic E-state index is 0.212. The lowest BCUT2D eigenvalue weighted by Gasteiger charge is -2.12. The molecular weight excluding hydrogens is 264 g/mol. The van der Waals surface area contributed by atoms with Crippen LogP contribution in [0.1, 0.15) is 29.0 Å². The molecule has 1 heterocycles. The second-order valence-electron chi connectivity index (χ2n) is 4.23. The maximum Gasteiger partial charge on any atom is 0.269 e. The lowest BCUT2D eigenvalue weighted by atomic mass is 10.1. The fraction of sp³-hybridized carbons (Fsp3) is 0.231. The van der Waals surface area contributed by atoms with Crippen LogP contribution in [0.2, 0.25) is 5.02 Å². The Labute approximate surface area is 116 Å². The van der Waals surface area contributed by atoms with Crippen LogP contribution >= 0.6 is 11.6 Å². The Morgan fingerprint density at radius 2 is 2.21 bits per heavy atom. The summed E-state index contributed by atoms with van der Waals surface area (Å²) < 4.78 is 1.54. The summed E-state index contributed by atoms with van der Waals surface area (Å²) in [6.45, 7) is 2.05. The zero-order chi connectivity index (χ0) is 14.0. The Hall–Kier alpha value is -1.85. The Morgan fingerprint density at radius 3 is 2.74 bits per heavy atom. The molecular formula is C13H15ClN4O. The van der Waals surface area contributed by atoms with Gasteiger partial charge in [-0.3, -0.25) is 4.79 Å². The van der Waals surface area contributed by atoms with Gasteiger partial charge in [0.05, 0.1) is 10.7 Å². The fourth-order valence-corrected chi connectivity index (χ4v) is 2.01. The molecule has 2 aromatic rings. The van der Waals surface area contributed by atoms with Gasteiger partial charge in [0.25, 0.3) is 5.91 Å². The summed E-state index contributed by atoms with van der Waals surface area (Å²) in [6, 6.07) is 7.48. The van der Waals surface area contributed by atoms with Gasteiger partial charge in [0.1, 0.15) is 5.69 Å². The van der Waals surface area contributed by atoms with Gasteiger partial charge >= 0.3 is 0 Å². The molecule has 0 aliphatic carbocycles. The Bertz CT molecular complexity index is 608. The molecule has 0 saturated heterocycles. The highest BCUT2D eigenvalue weighted by molar-refractivity contribution is 6.32. The highest BCUT2D eigenvalue weighted by Gasteiger charge is 2.10. The number of hydrogen-bond acceptors (Lipinski definition) is 3. The number of nitrogens with zero attached hydrogens (tertiary/aromatic N) is 2. The predicted octanol–water partition coefficient (Wildman–Crippen LogP) is 1.91. The van der Waals surface area contributed by atoms with Crippen molar-refractivity contribution in [2.45, 2.75) is 13.0 Å². The molecule has 3 N–H and O–H groups in total. The van der Waals surface area contributed by atoms with E-state index in [0.717, 1.165) is 5.56 Å². The molecule has 6 heteroatoms. The van der Waals surface area contributed by atoms with Crippen molar-refractivity contribution in [2.75, 3.05) is 7.05 Å². The van der Waals surface area contributed by atoms with E-state index in [-0.39, 0.29) is 11.7 Å². The van der Waals surface area contributed by atoms with Crippen molar-refractivity contribution in [1.29, 1.82) is 0 Å². The number of nitrogens with two attached hydrogens (primary N) is 1. The Balaban J connectivity index is 2.37. The van der Waals surface area contributed by atoms with Crippen LogP contribution in [0.3, 0.4) is 0 Å². The largest absolute Gasteiger partial charge is 0.364 e. The van der Waals surface area contributed by atoms with E-state index in [0.29, 0.717) is 10.7 Å². The van der Waals surface area contributed by atoms with Gasteiger partial charge in [-0.25, -0.2) is 4.68 Å². The van der Waals surface area contributed by atoms with Gasteiger partial charge < -0.3 is 11.1 Å². The minimum atomic E-state index is -0.560. The molecule has 0 radical (unpaired) electrons. The summed E-state index contributed by atoms with van der Waals surface area (Å²) in [6.07, 6.45) is 1.66. The standard InChI is InChI=1S/C13H15ClN4O/c1-8(16-2)9-3-4-12(10(14)7-9)18-6-5-11(17-18)13(15)19/h3-8,16H,1-2H3,(H2,15,19). The highest BCUT2D eigenvalue weighted by atomic mass is 35.5. The van der Waals surface area contributed by atoms with Crippen LogP contribution in [0.25, 0.3) is 5.69 Å². The first-order valence-electron chi connectivity index (χ1n) is 5.85. The van der Waals surface area contributed by atoms with Gasteiger partial charge in [0.2, 0.25) is 0 Å². The number of carbonyl (C=O) groups is 1. The quantitative estimate of drug-likeness (QED) is 0.897. The zero-order valence-corrected chi connectivity index (χ0v) is 11.5. The van der Waals surface area contributed by atoms with E-state index < -0.39 is 5.91 Å². The Morgan fingerprint density at radius 1 is 1.47 bits per heavy atom. The molecule has 19 heavy (non-hydrogen) atoms. The third-order valence-corrected chi connectivity index (χ3v) is 3.30. The average Bonchev–Trinajstić information content (AvgIpc) is 2.87. The molecule has 5 nitrogen and oxygen atoms in total. The summed E-state index contributed by atoms with van der Waals surface area (Å²) >= 11 is 6.25. The van der Waals surface area contributed by atoms with Crippen molar-refractivity contribution in [3.8, 4) is 5.69 Å². The first-order valence-corrected chi connectivity index (χ1v) is 6.23. The lowest BCUT2D eigenvalue weighted by Crippen LogP contribution is -2.13. The van der Waals surface area contributed by atoms with Gasteiger partial charge in [-0.15, -0.1) is 0 Å². The number of amides is 1. The summed E-state index contributed by atoms with van der Waals surface area (Å²) in [5, 5.41) is 7.79. The topological polar surface area (TPSA) is 72.9 Å². The number of halogens is 1. The summed E-state index contributed by atoms with van der Waals surface area (Å²) in [5.74, 6) is -0.560. The van der Waals surface area contributed by atoms with Gasteiger partial charge in [-0.1, -0.05) is 17.7 Å². The third-order valence-electron chi connectivity index (χ3n) is 2.99. The summed E-state index contributed by atoms with van der Waals surface area (Å²) in [5.41, 5.74) is 7.17. The molecule has 0 aliphatic heterocycles. The van der Waals surface area contributed by atoms with Crippen LogP contribution in [-0.4, -0.2) is 22.7 Å². The summed E-state index contributed by atoms with van der Waals surface area (Å²) in [4.78, 5) is 11.0. The number of hydrogen-bond donors (Lipinski definition) is 2. The van der Waals surface area contributed by atoms with E-state index in [2.05, 4.69) is 10.4 Å². The van der Waals surface area contributed by atoms with E-state index in [1.807, 2.05) is 32.2 Å². The van der Waals surface area contributed by atoms with Crippen LogP contribution in [0, 0.1) is 0 Å². The second kappa shape index (κ2) is 5.42. The zero-order valence-electron chi connectivity index (χ0n) is 10.7. The monoisotopic (exact) mass is 278 g/mol. The van der Waals surface area contributed by atoms with Crippen LogP contribution < -0.4 is 11.1 Å². The van der Waals surface area contributed by atoms with Crippen molar-refractivity contribution in [2.24, 2.45) is 5.73 Å². The first kappa shape index (κ1) is 13.6. The van der Waals surface area contributed by atoms with Crippen LogP contribution in [0.5, 0.6) is 0 Å². The van der Waals surface area contributed by atoms with E-state index in [4.69, 9.17) is 17.3 Å². The van der Waals surface area contributed by atoms with E-state index >= 15 is 0 Å². The maximum absolute atomic E-state index is 11.0. The molecule has 0 spiro atoms. The van der Waals surface area contributed by atoms with Gasteiger partial charge in [0.15, 0.2) is 0 Å². The van der Waals surface area contributed by atoms with Crippen molar-refractivity contribution < 1.29 is 4.79 Å². The first-order chi connectivity index (χ1) is 9.02. The van der Waals surface area contributed by atoms with Crippen molar-refractivity contribution >= 4 is 17.5 Å². The molecule has 0 aliphatic rings. The summed E-state index contributed by atoms with van der Waals surface area (Å²) in [7, 11) is 1.89. The number of nitrogens with one attached hydrogen (secondary N) is 1. The smallest absolute Gasteiger partial charge is 0.269 e. The van der Waals surface area contributed by atoms with Crippen molar-refractivity contribution in [3.05, 3.63) is 46.7 Å². The van der Waals surface area contributed by atoms with Crippen LogP contribution in [-0.2, 0) is 0 Å². The van der Waals surface area contributed by atoms with E-state index in [1.165, 1.54) is 4.68 Å². The number of rotatable bonds is 4. The van der Waals surface area contributed by atoms with Crippen LogP contribution in [0.15, 0.2) is 30.5 Å². The number of primary amides is 1. The molecule has 0 bridgehead atoms. The molecule has 1 amide bonds. The molecule has 1 unspecified atom stereocenters. The number of aromatic nitrogens is 2. The normalized spacial score (nSPS) is 12.4. The van der Waals surface area contributed by atoms with Gasteiger partial charge in [-0.2, -0.15) is 5.10 Å². The predicted molar refractivity (Wildman–Crippen MR) is 74.6 cm³/mol. The molecule has 1 aromatic heterocycles. The average molecular weight is 279 g/mol. The van der Waals surface area contributed by atoms with Crippen molar-refractivity contribution in [1.82, 2.24) is 15.1 Å². The number of benzene rings is 1. The van der Waals surface area contributed by atoms with E-state index in [9.17, 15) is 4.79 Å². The second-order valence-corrected chi connectivity index (χ2v) is 4.64. The van der Waals surface area contributed by atoms with Crippen LogP contribution in [0.4, 0.5) is 0 Å². The minimum Gasteiger partial charge on any atom is -0.364 e. The molecule has 2 rings (SSSR count). The third kappa shape index (κ3) is 2.77. The van der Waals surface area contributed by atoms with E-state index in [1.54, 1.807) is 12.3 Å².